The summed E-state index contributed by atoms with van der Waals surface area (Å²) in [6.45, 7) is 3.88. The van der Waals surface area contributed by atoms with Crippen molar-refractivity contribution >= 4 is 10.3 Å². The minimum absolute atomic E-state index is 0.0415. The molecule has 1 heterocycles. The Bertz CT molecular complexity index is 556. The fraction of sp³-hybridized carbons (Fsp3) is 0.571. The largest absolute Gasteiger partial charge is 0.342 e. The molecule has 0 bridgehead atoms. The monoisotopic (exact) mass is 315 g/mol. The van der Waals surface area contributed by atoms with Crippen molar-refractivity contribution in [2.75, 3.05) is 6.54 Å². The lowest BCUT2D eigenvalue weighted by atomic mass is 10.0. The molecule has 1 aliphatic heterocycles. The van der Waals surface area contributed by atoms with Crippen molar-refractivity contribution in [1.29, 1.82) is 0 Å². The van der Waals surface area contributed by atoms with E-state index in [1.165, 1.54) is 0 Å². The number of benzene rings is 1. The van der Waals surface area contributed by atoms with Gasteiger partial charge in [0, 0.05) is 6.54 Å². The van der Waals surface area contributed by atoms with Crippen LogP contribution in [0.5, 0.6) is 0 Å². The van der Waals surface area contributed by atoms with Gasteiger partial charge in [-0.25, -0.2) is 0 Å². The highest BCUT2D eigenvalue weighted by Gasteiger charge is 2.46. The van der Waals surface area contributed by atoms with Crippen molar-refractivity contribution in [1.82, 2.24) is 4.72 Å². The number of hydrogen-bond donors (Lipinski definition) is 2. The molecule has 2 rings (SSSR count). The van der Waals surface area contributed by atoms with Crippen LogP contribution in [-0.4, -0.2) is 31.4 Å². The molecule has 0 aromatic heterocycles. The van der Waals surface area contributed by atoms with E-state index in [1.807, 2.05) is 44.2 Å². The van der Waals surface area contributed by atoms with E-state index in [9.17, 15) is 8.42 Å². The number of rotatable bonds is 6. The van der Waals surface area contributed by atoms with Gasteiger partial charge in [0.1, 0.15) is 12.2 Å². The molecule has 0 saturated carbocycles. The molecule has 2 unspecified atom stereocenters. The second kappa shape index (κ2) is 6.41. The van der Waals surface area contributed by atoms with E-state index >= 15 is 0 Å². The van der Waals surface area contributed by atoms with Crippen LogP contribution in [0.3, 0.4) is 0 Å². The van der Waals surface area contributed by atoms with Gasteiger partial charge in [-0.1, -0.05) is 44.2 Å². The molecule has 1 fully saturated rings. The van der Waals surface area contributed by atoms with Gasteiger partial charge in [-0.3, -0.25) is 4.55 Å². The molecule has 21 heavy (non-hydrogen) atoms. The van der Waals surface area contributed by atoms with E-state index in [0.717, 1.165) is 5.56 Å². The van der Waals surface area contributed by atoms with E-state index in [1.54, 1.807) is 0 Å². The Hall–Kier alpha value is -0.990. The molecule has 1 aromatic rings. The van der Waals surface area contributed by atoms with E-state index in [-0.39, 0.29) is 12.6 Å². The van der Waals surface area contributed by atoms with E-state index in [0.29, 0.717) is 12.8 Å². The molecule has 1 aliphatic rings. The summed E-state index contributed by atoms with van der Waals surface area (Å²) in [7, 11) is -4.25. The van der Waals surface area contributed by atoms with Crippen LogP contribution in [0, 0.1) is 0 Å². The van der Waals surface area contributed by atoms with Crippen LogP contribution >= 0.6 is 0 Å². The molecule has 2 atom stereocenters. The summed E-state index contributed by atoms with van der Waals surface area (Å²) in [4.78, 5) is 0. The first-order valence-electron chi connectivity index (χ1n) is 7.02. The Morgan fingerprint density at radius 2 is 1.81 bits per heavy atom. The Kier molecular flexibility index (Phi) is 5.00. The van der Waals surface area contributed by atoms with Gasteiger partial charge < -0.3 is 9.47 Å². The van der Waals surface area contributed by atoms with Crippen LogP contribution in [0.1, 0.15) is 38.4 Å². The van der Waals surface area contributed by atoms with E-state index in [4.69, 9.17) is 14.0 Å². The van der Waals surface area contributed by atoms with Crippen molar-refractivity contribution in [3.63, 3.8) is 0 Å². The third-order valence-corrected chi connectivity index (χ3v) is 4.25. The second-order valence-electron chi connectivity index (χ2n) is 5.05. The molecule has 1 saturated heterocycles. The lowest BCUT2D eigenvalue weighted by Crippen LogP contribution is -2.35. The predicted molar refractivity (Wildman–Crippen MR) is 78.0 cm³/mol. The zero-order chi connectivity index (χ0) is 15.5. The topological polar surface area (TPSA) is 84.9 Å². The Balaban J connectivity index is 2.22. The average molecular weight is 315 g/mol. The summed E-state index contributed by atoms with van der Waals surface area (Å²) >= 11 is 0. The summed E-state index contributed by atoms with van der Waals surface area (Å²) in [6, 6.07) is 9.51. The molecule has 7 heteroatoms. The highest BCUT2D eigenvalue weighted by atomic mass is 32.2. The maximum absolute atomic E-state index is 10.9. The molecule has 118 valence electrons. The van der Waals surface area contributed by atoms with Crippen LogP contribution in [-0.2, 0) is 19.8 Å². The van der Waals surface area contributed by atoms with Gasteiger partial charge in [0.2, 0.25) is 0 Å². The maximum Gasteiger partial charge on any atom is 0.333 e. The van der Waals surface area contributed by atoms with Gasteiger partial charge in [-0.15, -0.1) is 0 Å². The fourth-order valence-electron chi connectivity index (χ4n) is 2.52. The number of nitrogens with one attached hydrogen (secondary N) is 1. The Labute approximate surface area is 125 Å². The lowest BCUT2D eigenvalue weighted by Gasteiger charge is -2.25. The highest BCUT2D eigenvalue weighted by molar-refractivity contribution is 7.83. The SMILES string of the molecule is CCC1(CC)OC(CNS(=O)(=O)O)C(c2ccccc2)O1. The first-order chi connectivity index (χ1) is 9.89. The van der Waals surface area contributed by atoms with Crippen molar-refractivity contribution in [3.8, 4) is 0 Å². The molecule has 0 amide bonds. The minimum Gasteiger partial charge on any atom is -0.342 e. The number of hydrogen-bond acceptors (Lipinski definition) is 4. The Morgan fingerprint density at radius 3 is 2.33 bits per heavy atom. The summed E-state index contributed by atoms with van der Waals surface area (Å²) in [6.07, 6.45) is 0.458. The smallest absolute Gasteiger partial charge is 0.333 e. The quantitative estimate of drug-likeness (QED) is 0.785. The standard InChI is InChI=1S/C14H21NO5S/c1-3-14(4-2)19-12(10-15-21(16,17)18)13(20-14)11-8-6-5-7-9-11/h5-9,12-13,15H,3-4,10H2,1-2H3,(H,16,17,18). The van der Waals surface area contributed by atoms with Gasteiger partial charge >= 0.3 is 10.3 Å². The first-order valence-corrected chi connectivity index (χ1v) is 8.46. The van der Waals surface area contributed by atoms with Crippen LogP contribution in [0.4, 0.5) is 0 Å². The summed E-state index contributed by atoms with van der Waals surface area (Å²) in [5, 5.41) is 0. The highest BCUT2D eigenvalue weighted by Crippen LogP contribution is 2.41. The summed E-state index contributed by atoms with van der Waals surface area (Å²) in [5.74, 6) is -0.716. The molecule has 6 nitrogen and oxygen atoms in total. The average Bonchev–Trinajstić information content (AvgIpc) is 2.85. The Morgan fingerprint density at radius 1 is 1.19 bits per heavy atom. The van der Waals surface area contributed by atoms with Gasteiger partial charge in [0.05, 0.1) is 0 Å². The normalized spacial score (nSPS) is 25.1. The van der Waals surface area contributed by atoms with Crippen LogP contribution in [0.15, 0.2) is 30.3 Å². The molecule has 0 spiro atoms. The first kappa shape index (κ1) is 16.4. The van der Waals surface area contributed by atoms with Crippen molar-refractivity contribution in [2.45, 2.75) is 44.7 Å². The zero-order valence-corrected chi connectivity index (χ0v) is 13.0. The third kappa shape index (κ3) is 4.02. The van der Waals surface area contributed by atoms with Gasteiger partial charge in [-0.05, 0) is 18.4 Å². The third-order valence-electron chi connectivity index (χ3n) is 3.72. The molecule has 2 N–H and O–H groups in total. The summed E-state index contributed by atoms with van der Waals surface area (Å²) < 4.78 is 44.7. The van der Waals surface area contributed by atoms with E-state index in [2.05, 4.69) is 4.72 Å². The van der Waals surface area contributed by atoms with E-state index < -0.39 is 22.2 Å². The van der Waals surface area contributed by atoms with Crippen molar-refractivity contribution in [2.24, 2.45) is 0 Å². The van der Waals surface area contributed by atoms with Gasteiger partial charge in [-0.2, -0.15) is 13.1 Å². The van der Waals surface area contributed by atoms with Crippen LogP contribution < -0.4 is 4.72 Å². The number of ether oxygens (including phenoxy) is 2. The maximum atomic E-state index is 10.9. The van der Waals surface area contributed by atoms with Crippen molar-refractivity contribution < 1.29 is 22.4 Å². The molecular weight excluding hydrogens is 294 g/mol. The zero-order valence-electron chi connectivity index (χ0n) is 12.2. The van der Waals surface area contributed by atoms with Crippen LogP contribution in [0.2, 0.25) is 0 Å². The lowest BCUT2D eigenvalue weighted by molar-refractivity contribution is -0.179. The predicted octanol–water partition coefficient (Wildman–Crippen LogP) is 2.05. The molecular formula is C14H21NO5S. The van der Waals surface area contributed by atoms with Gasteiger partial charge in [0.25, 0.3) is 0 Å². The van der Waals surface area contributed by atoms with Crippen molar-refractivity contribution in [3.05, 3.63) is 35.9 Å². The molecule has 0 radical (unpaired) electrons. The second-order valence-corrected chi connectivity index (χ2v) is 6.29. The van der Waals surface area contributed by atoms with Gasteiger partial charge in [0.15, 0.2) is 5.79 Å². The molecule has 0 aliphatic carbocycles. The summed E-state index contributed by atoms with van der Waals surface area (Å²) in [5.41, 5.74) is 0.920. The fourth-order valence-corrected chi connectivity index (χ4v) is 2.89. The molecule has 1 aromatic carbocycles. The van der Waals surface area contributed by atoms with Crippen LogP contribution in [0.25, 0.3) is 0 Å². The minimum atomic E-state index is -4.25.